The van der Waals surface area contributed by atoms with Crippen molar-refractivity contribution >= 4 is 18.5 Å². The fourth-order valence-corrected chi connectivity index (χ4v) is 4.22. The molecule has 0 nitrogen and oxygen atoms in total. The highest BCUT2D eigenvalue weighted by molar-refractivity contribution is 7.25. The lowest BCUT2D eigenvalue weighted by molar-refractivity contribution is 0.715. The zero-order chi connectivity index (χ0) is 9.28. The predicted octanol–water partition coefficient (Wildman–Crippen LogP) is 4.11. The van der Waals surface area contributed by atoms with Crippen LogP contribution in [0.1, 0.15) is 34.6 Å². The minimum absolute atomic E-state index is 0.213. The molecule has 0 saturated carbocycles. The summed E-state index contributed by atoms with van der Waals surface area (Å²) >= 11 is 6.56. The Balaban J connectivity index is 4.75. The Labute approximate surface area is 76.4 Å². The van der Waals surface area contributed by atoms with Gasteiger partial charge in [-0.1, -0.05) is 40.3 Å². The first-order valence-corrected chi connectivity index (χ1v) is 7.25. The first-order valence-electron chi connectivity index (χ1n) is 4.08. The molecule has 0 radical (unpaired) electrons. The molecule has 0 aliphatic rings. The Hall–Kier alpha value is 0.247. The van der Waals surface area contributed by atoms with Crippen LogP contribution in [0.3, 0.4) is 0 Å². The van der Waals surface area contributed by atoms with Gasteiger partial charge in [-0.2, -0.15) is 11.1 Å². The molecule has 0 N–H and O–H groups in total. The van der Waals surface area contributed by atoms with E-state index in [1.54, 1.807) is 0 Å². The van der Waals surface area contributed by atoms with Gasteiger partial charge >= 0.3 is 0 Å². The van der Waals surface area contributed by atoms with E-state index in [4.69, 9.17) is 11.1 Å². The molecular weight excluding hydrogens is 172 g/mol. The topological polar surface area (TPSA) is 0 Å². The monoisotopic (exact) mass is 190 g/mol. The Morgan fingerprint density at radius 2 is 1.73 bits per heavy atom. The molecule has 0 bridgehead atoms. The highest BCUT2D eigenvalue weighted by Gasteiger charge is 2.43. The van der Waals surface area contributed by atoms with Crippen molar-refractivity contribution in [2.75, 3.05) is 0 Å². The van der Waals surface area contributed by atoms with E-state index in [9.17, 15) is 0 Å². The van der Waals surface area contributed by atoms with Crippen LogP contribution in [0.15, 0.2) is 12.3 Å². The maximum Gasteiger partial charge on any atom is 0.186 e. The molecule has 66 valence electrons. The van der Waals surface area contributed by atoms with E-state index in [1.165, 1.54) is 0 Å². The third-order valence-electron chi connectivity index (χ3n) is 2.29. The summed E-state index contributed by atoms with van der Waals surface area (Å²) in [6.45, 7) is 14.8. The van der Waals surface area contributed by atoms with Crippen LogP contribution in [0.5, 0.6) is 0 Å². The standard InChI is InChI=1S/C9H19ClSi/c1-7-11(10,8(2)3)9(4,5)6/h7-8H,1H2,2-6H3. The van der Waals surface area contributed by atoms with Gasteiger partial charge in [-0.25, -0.2) is 0 Å². The van der Waals surface area contributed by atoms with Crippen molar-refractivity contribution < 1.29 is 0 Å². The third kappa shape index (κ3) is 2.09. The van der Waals surface area contributed by atoms with Gasteiger partial charge in [0.05, 0.1) is 0 Å². The van der Waals surface area contributed by atoms with Gasteiger partial charge in [-0.3, -0.25) is 0 Å². The van der Waals surface area contributed by atoms with Crippen LogP contribution in [-0.2, 0) is 0 Å². The van der Waals surface area contributed by atoms with E-state index < -0.39 is 7.38 Å². The SMILES string of the molecule is C=C[Si](Cl)(C(C)C)C(C)(C)C. The van der Waals surface area contributed by atoms with Crippen LogP contribution >= 0.6 is 11.1 Å². The van der Waals surface area contributed by atoms with Crippen LogP contribution in [0.4, 0.5) is 0 Å². The summed E-state index contributed by atoms with van der Waals surface area (Å²) in [5.41, 5.74) is 2.56. The summed E-state index contributed by atoms with van der Waals surface area (Å²) in [5, 5.41) is 0.213. The van der Waals surface area contributed by atoms with E-state index in [0.29, 0.717) is 5.54 Å². The van der Waals surface area contributed by atoms with Gasteiger partial charge in [0, 0.05) is 0 Å². The molecule has 0 fully saturated rings. The van der Waals surface area contributed by atoms with Crippen molar-refractivity contribution in [1.82, 2.24) is 0 Å². The van der Waals surface area contributed by atoms with E-state index in [1.807, 2.05) is 5.70 Å². The smallest absolute Gasteiger partial charge is 0.161 e. The second-order valence-electron chi connectivity index (χ2n) is 4.38. The summed E-state index contributed by atoms with van der Waals surface area (Å²) in [7, 11) is -1.77. The lowest BCUT2D eigenvalue weighted by atomic mass is 10.2. The molecule has 0 aliphatic carbocycles. The second kappa shape index (κ2) is 3.32. The highest BCUT2D eigenvalue weighted by atomic mass is 35.6. The summed E-state index contributed by atoms with van der Waals surface area (Å²) in [4.78, 5) is 0. The Bertz CT molecular complexity index is 146. The summed E-state index contributed by atoms with van der Waals surface area (Å²) in [5.74, 6) is 0. The van der Waals surface area contributed by atoms with Gasteiger partial charge in [0.2, 0.25) is 0 Å². The van der Waals surface area contributed by atoms with Gasteiger partial charge in [0.15, 0.2) is 7.38 Å². The molecule has 0 saturated heterocycles. The lowest BCUT2D eigenvalue weighted by Crippen LogP contribution is -2.39. The first-order chi connectivity index (χ1) is 4.75. The van der Waals surface area contributed by atoms with Crippen LogP contribution < -0.4 is 0 Å². The summed E-state index contributed by atoms with van der Waals surface area (Å²) in [6.07, 6.45) is 0. The molecule has 1 atom stereocenters. The zero-order valence-corrected chi connectivity index (χ0v) is 10.00. The van der Waals surface area contributed by atoms with E-state index in [-0.39, 0.29) is 5.04 Å². The number of rotatable bonds is 2. The largest absolute Gasteiger partial charge is 0.186 e. The predicted molar refractivity (Wildman–Crippen MR) is 56.6 cm³/mol. The molecule has 0 heterocycles. The average molecular weight is 191 g/mol. The lowest BCUT2D eigenvalue weighted by Gasteiger charge is -2.37. The Kier molecular flexibility index (Phi) is 3.39. The molecule has 0 rings (SSSR count). The zero-order valence-electron chi connectivity index (χ0n) is 8.24. The third-order valence-corrected chi connectivity index (χ3v) is 10.3. The van der Waals surface area contributed by atoms with Crippen molar-refractivity contribution in [2.24, 2.45) is 0 Å². The van der Waals surface area contributed by atoms with Crippen molar-refractivity contribution in [2.45, 2.75) is 45.2 Å². The van der Waals surface area contributed by atoms with Crippen LogP contribution in [0, 0.1) is 0 Å². The fraction of sp³-hybridized carbons (Fsp3) is 0.778. The minimum Gasteiger partial charge on any atom is -0.161 e. The maximum atomic E-state index is 6.56. The normalized spacial score (nSPS) is 18.1. The van der Waals surface area contributed by atoms with Crippen molar-refractivity contribution in [3.05, 3.63) is 12.3 Å². The quantitative estimate of drug-likeness (QED) is 0.454. The molecular formula is C9H19ClSi. The van der Waals surface area contributed by atoms with Gasteiger partial charge in [-0.05, 0) is 10.6 Å². The van der Waals surface area contributed by atoms with E-state index in [0.717, 1.165) is 0 Å². The maximum absolute atomic E-state index is 6.56. The molecule has 0 spiro atoms. The van der Waals surface area contributed by atoms with Crippen molar-refractivity contribution in [3.63, 3.8) is 0 Å². The van der Waals surface area contributed by atoms with Crippen LogP contribution in [0.2, 0.25) is 10.6 Å². The summed E-state index contributed by atoms with van der Waals surface area (Å²) in [6, 6.07) is 0. The number of hydrogen-bond donors (Lipinski definition) is 0. The highest BCUT2D eigenvalue weighted by Crippen LogP contribution is 2.46. The van der Waals surface area contributed by atoms with Gasteiger partial charge in [0.25, 0.3) is 0 Å². The van der Waals surface area contributed by atoms with Crippen LogP contribution in [-0.4, -0.2) is 7.38 Å². The van der Waals surface area contributed by atoms with Crippen LogP contribution in [0.25, 0.3) is 0 Å². The summed E-state index contributed by atoms with van der Waals surface area (Å²) < 4.78 is 0. The van der Waals surface area contributed by atoms with Gasteiger partial charge in [-0.15, -0.1) is 6.58 Å². The minimum atomic E-state index is -1.77. The second-order valence-corrected chi connectivity index (χ2v) is 10.9. The fourth-order valence-electron chi connectivity index (χ4n) is 1.41. The molecule has 2 heteroatoms. The Morgan fingerprint density at radius 1 is 1.36 bits per heavy atom. The average Bonchev–Trinajstić information content (AvgIpc) is 1.83. The molecule has 0 amide bonds. The van der Waals surface area contributed by atoms with Crippen molar-refractivity contribution in [3.8, 4) is 0 Å². The van der Waals surface area contributed by atoms with E-state index in [2.05, 4.69) is 41.2 Å². The van der Waals surface area contributed by atoms with Gasteiger partial charge < -0.3 is 0 Å². The Morgan fingerprint density at radius 3 is 1.73 bits per heavy atom. The number of halogens is 1. The molecule has 0 aromatic heterocycles. The number of hydrogen-bond acceptors (Lipinski definition) is 0. The van der Waals surface area contributed by atoms with Crippen molar-refractivity contribution in [1.29, 1.82) is 0 Å². The van der Waals surface area contributed by atoms with E-state index >= 15 is 0 Å². The molecule has 1 unspecified atom stereocenters. The molecule has 11 heavy (non-hydrogen) atoms. The molecule has 0 aromatic carbocycles. The first kappa shape index (κ1) is 11.2. The molecule has 0 aliphatic heterocycles. The molecule has 0 aromatic rings. The van der Waals surface area contributed by atoms with Gasteiger partial charge in [0.1, 0.15) is 0 Å².